The summed E-state index contributed by atoms with van der Waals surface area (Å²) >= 11 is 1.47. The predicted molar refractivity (Wildman–Crippen MR) is 101 cm³/mol. The first-order chi connectivity index (χ1) is 12.8. The Bertz CT molecular complexity index is 917. The van der Waals surface area contributed by atoms with Gasteiger partial charge in [-0.1, -0.05) is 24.3 Å². The predicted octanol–water partition coefficient (Wildman–Crippen LogP) is 3.69. The number of furan rings is 1. The number of nitrogens with zero attached hydrogens (tertiary/aromatic N) is 1. The third kappa shape index (κ3) is 2.85. The smallest absolute Gasteiger partial charge is 0.287 e. The Labute approximate surface area is 155 Å². The molecule has 2 N–H and O–H groups in total. The second-order valence-electron chi connectivity index (χ2n) is 6.98. The first-order valence-corrected chi connectivity index (χ1v) is 9.72. The van der Waals surface area contributed by atoms with Crippen LogP contribution in [0.5, 0.6) is 0 Å². The van der Waals surface area contributed by atoms with E-state index in [-0.39, 0.29) is 11.9 Å². The number of amides is 1. The summed E-state index contributed by atoms with van der Waals surface area (Å²) in [5, 5.41) is 6.65. The van der Waals surface area contributed by atoms with Crippen LogP contribution in [0.4, 0.5) is 0 Å². The molecule has 3 aromatic rings. The molecule has 26 heavy (non-hydrogen) atoms. The summed E-state index contributed by atoms with van der Waals surface area (Å²) in [5.74, 6) is 0.947. The number of rotatable bonds is 4. The first-order valence-electron chi connectivity index (χ1n) is 8.94. The van der Waals surface area contributed by atoms with Crippen molar-refractivity contribution in [1.82, 2.24) is 15.0 Å². The molecule has 132 valence electrons. The van der Waals surface area contributed by atoms with Gasteiger partial charge in [0, 0.05) is 29.9 Å². The summed E-state index contributed by atoms with van der Waals surface area (Å²) in [5.41, 5.74) is 2.09. The van der Waals surface area contributed by atoms with Crippen LogP contribution in [-0.4, -0.2) is 28.4 Å². The first kappa shape index (κ1) is 15.8. The minimum absolute atomic E-state index is 0.128. The second-order valence-corrected chi connectivity index (χ2v) is 7.81. The van der Waals surface area contributed by atoms with Crippen LogP contribution in [0.25, 0.3) is 21.8 Å². The van der Waals surface area contributed by atoms with Crippen LogP contribution in [0.1, 0.15) is 29.8 Å². The van der Waals surface area contributed by atoms with Crippen LogP contribution in [0.15, 0.2) is 53.1 Å². The van der Waals surface area contributed by atoms with E-state index in [4.69, 9.17) is 4.42 Å². The largest absolute Gasteiger partial charge is 0.451 e. The van der Waals surface area contributed by atoms with Gasteiger partial charge in [-0.3, -0.25) is 4.79 Å². The van der Waals surface area contributed by atoms with Gasteiger partial charge >= 0.3 is 0 Å². The van der Waals surface area contributed by atoms with Gasteiger partial charge in [0.1, 0.15) is 5.76 Å². The number of nitrogens with one attached hydrogen (secondary N) is 2. The fourth-order valence-corrected chi connectivity index (χ4v) is 4.60. The lowest BCUT2D eigenvalue weighted by molar-refractivity contribution is 0.0903. The fourth-order valence-electron chi connectivity index (χ4n) is 4.00. The van der Waals surface area contributed by atoms with E-state index in [1.165, 1.54) is 18.0 Å². The van der Waals surface area contributed by atoms with E-state index in [2.05, 4.69) is 15.0 Å². The van der Waals surface area contributed by atoms with Crippen molar-refractivity contribution >= 4 is 17.4 Å². The Balaban J connectivity index is 1.29. The van der Waals surface area contributed by atoms with Gasteiger partial charge in [0.25, 0.3) is 5.91 Å². The Hall–Kier alpha value is -2.44. The van der Waals surface area contributed by atoms with E-state index in [1.54, 1.807) is 12.3 Å². The summed E-state index contributed by atoms with van der Waals surface area (Å²) in [7, 11) is 0. The maximum absolute atomic E-state index is 12.5. The van der Waals surface area contributed by atoms with Crippen molar-refractivity contribution in [1.29, 1.82) is 0 Å². The van der Waals surface area contributed by atoms with Crippen molar-refractivity contribution < 1.29 is 9.21 Å². The molecule has 2 aliphatic heterocycles. The highest BCUT2D eigenvalue weighted by molar-refractivity contribution is 7.09. The minimum atomic E-state index is -0.128. The van der Waals surface area contributed by atoms with Gasteiger partial charge in [-0.15, -0.1) is 0 Å². The molecule has 6 heteroatoms. The number of hydrogen-bond acceptors (Lipinski definition) is 5. The van der Waals surface area contributed by atoms with E-state index in [0.717, 1.165) is 28.8 Å². The van der Waals surface area contributed by atoms with Gasteiger partial charge < -0.3 is 15.1 Å². The van der Waals surface area contributed by atoms with Gasteiger partial charge in [0.15, 0.2) is 5.76 Å². The lowest BCUT2D eigenvalue weighted by atomic mass is 9.95. The maximum Gasteiger partial charge on any atom is 0.287 e. The van der Waals surface area contributed by atoms with Crippen molar-refractivity contribution in [2.75, 3.05) is 0 Å². The molecule has 0 unspecified atom stereocenters. The Morgan fingerprint density at radius 2 is 1.96 bits per heavy atom. The number of carbonyl (C=O) groups is 1. The van der Waals surface area contributed by atoms with E-state index in [9.17, 15) is 4.79 Å². The van der Waals surface area contributed by atoms with Crippen LogP contribution < -0.4 is 10.6 Å². The molecule has 0 radical (unpaired) electrons. The zero-order valence-electron chi connectivity index (χ0n) is 14.1. The fraction of sp³-hybridized carbons (Fsp3) is 0.300. The topological polar surface area (TPSA) is 67.2 Å². The molecule has 2 bridgehead atoms. The molecule has 2 aromatic heterocycles. The highest BCUT2D eigenvalue weighted by Crippen LogP contribution is 2.30. The Kier molecular flexibility index (Phi) is 3.87. The summed E-state index contributed by atoms with van der Waals surface area (Å²) in [6, 6.07) is 14.9. The normalized spacial score (nSPS) is 24.1. The van der Waals surface area contributed by atoms with E-state index in [1.807, 2.05) is 36.4 Å². The Morgan fingerprint density at radius 1 is 1.12 bits per heavy atom. The van der Waals surface area contributed by atoms with Gasteiger partial charge in [-0.25, -0.2) is 4.37 Å². The number of aromatic nitrogens is 1. The molecule has 5 nitrogen and oxygen atoms in total. The second kappa shape index (κ2) is 6.37. The monoisotopic (exact) mass is 365 g/mol. The quantitative estimate of drug-likeness (QED) is 0.740. The third-order valence-corrected chi connectivity index (χ3v) is 6.13. The molecular formula is C20H19N3O2S. The molecular weight excluding hydrogens is 346 g/mol. The molecule has 5 rings (SSSR count). The zero-order valence-corrected chi connectivity index (χ0v) is 15.0. The van der Waals surface area contributed by atoms with Gasteiger partial charge in [0.2, 0.25) is 0 Å². The highest BCUT2D eigenvalue weighted by Gasteiger charge is 2.39. The highest BCUT2D eigenvalue weighted by atomic mass is 32.1. The average molecular weight is 365 g/mol. The number of hydrogen-bond donors (Lipinski definition) is 2. The SMILES string of the molecule is O=C(N[C@@H]1C[C@H]2CC[C@@H]1N2)c1ccc(-c2ccc(-c3ccns3)cc2)o1. The van der Waals surface area contributed by atoms with Crippen LogP contribution >= 0.6 is 11.5 Å². The summed E-state index contributed by atoms with van der Waals surface area (Å²) in [6.07, 6.45) is 5.19. The molecule has 2 fully saturated rings. The number of benzene rings is 1. The lowest BCUT2D eigenvalue weighted by Gasteiger charge is -2.20. The van der Waals surface area contributed by atoms with Crippen LogP contribution in [0.3, 0.4) is 0 Å². The zero-order chi connectivity index (χ0) is 17.5. The number of fused-ring (bicyclic) bond motifs is 2. The molecule has 2 aliphatic rings. The van der Waals surface area contributed by atoms with Crippen LogP contribution in [-0.2, 0) is 0 Å². The van der Waals surface area contributed by atoms with Crippen molar-refractivity contribution in [3.05, 3.63) is 54.4 Å². The molecule has 3 atom stereocenters. The van der Waals surface area contributed by atoms with Crippen molar-refractivity contribution in [2.45, 2.75) is 37.4 Å². The molecule has 0 aliphatic carbocycles. The summed E-state index contributed by atoms with van der Waals surface area (Å²) in [6.45, 7) is 0. The summed E-state index contributed by atoms with van der Waals surface area (Å²) < 4.78 is 9.94. The van der Waals surface area contributed by atoms with Crippen molar-refractivity contribution in [3.63, 3.8) is 0 Å². The average Bonchev–Trinajstić information content (AvgIpc) is 3.46. The third-order valence-electron chi connectivity index (χ3n) is 5.34. The molecule has 1 aromatic carbocycles. The molecule has 4 heterocycles. The molecule has 1 amide bonds. The lowest BCUT2D eigenvalue weighted by Crippen LogP contribution is -2.42. The van der Waals surface area contributed by atoms with Gasteiger partial charge in [-0.05, 0) is 54.6 Å². The van der Waals surface area contributed by atoms with Crippen LogP contribution in [0, 0.1) is 0 Å². The Morgan fingerprint density at radius 3 is 2.65 bits per heavy atom. The van der Waals surface area contributed by atoms with Gasteiger partial charge in [-0.2, -0.15) is 0 Å². The van der Waals surface area contributed by atoms with Crippen LogP contribution in [0.2, 0.25) is 0 Å². The van der Waals surface area contributed by atoms with E-state index < -0.39 is 0 Å². The van der Waals surface area contributed by atoms with E-state index >= 15 is 0 Å². The van der Waals surface area contributed by atoms with Gasteiger partial charge in [0.05, 0.1) is 4.88 Å². The standard InChI is InChI=1S/C20H19N3O2S/c24-20(23-16-11-14-5-6-15(16)22-14)18-8-7-17(25-18)12-1-3-13(4-2-12)19-9-10-21-26-19/h1-4,7-10,14-16,22H,5-6,11H2,(H,23,24)/t14-,15+,16-/m1/s1. The summed E-state index contributed by atoms with van der Waals surface area (Å²) in [4.78, 5) is 13.6. The molecule has 0 spiro atoms. The number of carbonyl (C=O) groups excluding carboxylic acids is 1. The minimum Gasteiger partial charge on any atom is -0.451 e. The molecule has 2 saturated heterocycles. The molecule has 0 saturated carbocycles. The van der Waals surface area contributed by atoms with Crippen molar-refractivity contribution in [3.8, 4) is 21.8 Å². The van der Waals surface area contributed by atoms with E-state index in [0.29, 0.717) is 23.6 Å². The maximum atomic E-state index is 12.5. The van der Waals surface area contributed by atoms with Crippen molar-refractivity contribution in [2.24, 2.45) is 0 Å².